The summed E-state index contributed by atoms with van der Waals surface area (Å²) in [4.78, 5) is 0.744. The molecule has 0 spiro atoms. The smallest absolute Gasteiger partial charge is 0.211 e. The first-order valence-electron chi connectivity index (χ1n) is 6.36. The summed E-state index contributed by atoms with van der Waals surface area (Å²) in [6.45, 7) is 0.497. The fraction of sp³-hybridized carbons (Fsp3) is 0.538. The number of halogens is 2. The maximum Gasteiger partial charge on any atom is 0.240 e. The van der Waals surface area contributed by atoms with Crippen molar-refractivity contribution in [2.24, 2.45) is 5.92 Å². The van der Waals surface area contributed by atoms with E-state index in [0.717, 1.165) is 19.3 Å². The van der Waals surface area contributed by atoms with Crippen LogP contribution in [0.15, 0.2) is 29.2 Å². The third-order valence-corrected chi connectivity index (χ3v) is 5.88. The van der Waals surface area contributed by atoms with Gasteiger partial charge >= 0.3 is 0 Å². The van der Waals surface area contributed by atoms with Crippen LogP contribution in [0.2, 0.25) is 5.02 Å². The molecule has 1 aliphatic carbocycles. The number of alkyl halides is 1. The van der Waals surface area contributed by atoms with Gasteiger partial charge in [0.2, 0.25) is 10.0 Å². The molecule has 0 aliphatic heterocycles. The molecule has 1 aromatic rings. The summed E-state index contributed by atoms with van der Waals surface area (Å²) in [6.07, 6.45) is 4.44. The minimum absolute atomic E-state index is 0.228. The van der Waals surface area contributed by atoms with Crippen molar-refractivity contribution in [3.63, 3.8) is 0 Å². The minimum Gasteiger partial charge on any atom is -0.211 e. The predicted molar refractivity (Wildman–Crippen MR) is 81.3 cm³/mol. The minimum atomic E-state index is -3.45. The average molecular weight is 367 g/mol. The van der Waals surface area contributed by atoms with Gasteiger partial charge in [0.05, 0.1) is 4.90 Å². The van der Waals surface area contributed by atoms with Gasteiger partial charge < -0.3 is 0 Å². The molecule has 0 radical (unpaired) electrons. The molecule has 0 bridgehead atoms. The maximum atomic E-state index is 12.1. The Morgan fingerprint density at radius 1 is 1.37 bits per heavy atom. The Morgan fingerprint density at radius 2 is 2.16 bits per heavy atom. The Morgan fingerprint density at radius 3 is 2.84 bits per heavy atom. The first-order chi connectivity index (χ1) is 8.97. The molecule has 1 saturated carbocycles. The topological polar surface area (TPSA) is 46.2 Å². The molecule has 0 heterocycles. The van der Waals surface area contributed by atoms with Crippen LogP contribution in [0.1, 0.15) is 25.7 Å². The van der Waals surface area contributed by atoms with Gasteiger partial charge in [0.1, 0.15) is 0 Å². The van der Waals surface area contributed by atoms with Gasteiger partial charge in [0.25, 0.3) is 0 Å². The van der Waals surface area contributed by atoms with Crippen LogP contribution in [0.25, 0.3) is 0 Å². The molecule has 2 unspecified atom stereocenters. The van der Waals surface area contributed by atoms with Gasteiger partial charge in [-0.1, -0.05) is 40.0 Å². The van der Waals surface area contributed by atoms with Crippen molar-refractivity contribution in [1.29, 1.82) is 0 Å². The van der Waals surface area contributed by atoms with Gasteiger partial charge in [-0.15, -0.1) is 0 Å². The number of hydrogen-bond donors (Lipinski definition) is 1. The molecule has 19 heavy (non-hydrogen) atoms. The molecule has 1 aliphatic rings. The zero-order valence-electron chi connectivity index (χ0n) is 10.5. The van der Waals surface area contributed by atoms with E-state index in [2.05, 4.69) is 20.7 Å². The second-order valence-corrected chi connectivity index (χ2v) is 8.44. The SMILES string of the molecule is O=S(=O)(NCC1CCCC(Br)C1)c1cccc(Cl)c1. The van der Waals surface area contributed by atoms with Gasteiger partial charge in [-0.25, -0.2) is 13.1 Å². The van der Waals surface area contributed by atoms with Crippen LogP contribution >= 0.6 is 27.5 Å². The number of rotatable bonds is 4. The highest BCUT2D eigenvalue weighted by molar-refractivity contribution is 9.09. The predicted octanol–water partition coefficient (Wildman–Crippen LogP) is 3.57. The second kappa shape index (κ2) is 6.57. The number of hydrogen-bond acceptors (Lipinski definition) is 2. The third kappa shape index (κ3) is 4.45. The van der Waals surface area contributed by atoms with Gasteiger partial charge in [-0.05, 0) is 43.4 Å². The van der Waals surface area contributed by atoms with E-state index in [0.29, 0.717) is 22.3 Å². The van der Waals surface area contributed by atoms with Gasteiger partial charge in [-0.2, -0.15) is 0 Å². The lowest BCUT2D eigenvalue weighted by Crippen LogP contribution is -2.32. The number of sulfonamides is 1. The van der Waals surface area contributed by atoms with E-state index >= 15 is 0 Å². The molecule has 6 heteroatoms. The Labute approximate surface area is 127 Å². The standard InChI is InChI=1S/C13H17BrClNO2S/c14-11-4-1-3-10(7-11)9-16-19(17,18)13-6-2-5-12(15)8-13/h2,5-6,8,10-11,16H,1,3-4,7,9H2. The summed E-state index contributed by atoms with van der Waals surface area (Å²) in [6, 6.07) is 6.34. The van der Waals surface area contributed by atoms with Crippen molar-refractivity contribution in [2.45, 2.75) is 35.4 Å². The summed E-state index contributed by atoms with van der Waals surface area (Å²) in [5.74, 6) is 0.409. The lowest BCUT2D eigenvalue weighted by atomic mass is 9.89. The average Bonchev–Trinajstić information content (AvgIpc) is 2.37. The van der Waals surface area contributed by atoms with E-state index in [9.17, 15) is 8.42 Å². The zero-order chi connectivity index (χ0) is 13.9. The quantitative estimate of drug-likeness (QED) is 0.828. The van der Waals surface area contributed by atoms with E-state index in [1.54, 1.807) is 18.2 Å². The molecule has 1 N–H and O–H groups in total. The van der Waals surface area contributed by atoms with E-state index in [1.807, 2.05) is 0 Å². The van der Waals surface area contributed by atoms with Crippen molar-refractivity contribution >= 4 is 37.6 Å². The van der Waals surface area contributed by atoms with E-state index in [-0.39, 0.29) is 4.90 Å². The van der Waals surface area contributed by atoms with Gasteiger partial charge in [-0.3, -0.25) is 0 Å². The number of benzene rings is 1. The zero-order valence-corrected chi connectivity index (χ0v) is 13.6. The summed E-state index contributed by atoms with van der Waals surface area (Å²) in [7, 11) is -3.45. The van der Waals surface area contributed by atoms with E-state index in [1.165, 1.54) is 12.5 Å². The molecule has 0 amide bonds. The third-order valence-electron chi connectivity index (χ3n) is 3.39. The molecule has 106 valence electrons. The van der Waals surface area contributed by atoms with Crippen LogP contribution in [-0.2, 0) is 10.0 Å². The fourth-order valence-corrected chi connectivity index (χ4v) is 4.62. The van der Waals surface area contributed by atoms with Crippen LogP contribution in [-0.4, -0.2) is 19.8 Å². The fourth-order valence-electron chi connectivity index (χ4n) is 2.36. The van der Waals surface area contributed by atoms with Gasteiger partial charge in [0.15, 0.2) is 0 Å². The second-order valence-electron chi connectivity index (χ2n) is 4.94. The lowest BCUT2D eigenvalue weighted by molar-refractivity contribution is 0.368. The highest BCUT2D eigenvalue weighted by Crippen LogP contribution is 2.28. The summed E-state index contributed by atoms with van der Waals surface area (Å²) >= 11 is 9.43. The highest BCUT2D eigenvalue weighted by atomic mass is 79.9. The monoisotopic (exact) mass is 365 g/mol. The van der Waals surface area contributed by atoms with Crippen LogP contribution < -0.4 is 4.72 Å². The largest absolute Gasteiger partial charge is 0.240 e. The first-order valence-corrected chi connectivity index (χ1v) is 9.14. The van der Waals surface area contributed by atoms with Crippen LogP contribution in [0, 0.1) is 5.92 Å². The van der Waals surface area contributed by atoms with Crippen molar-refractivity contribution in [3.8, 4) is 0 Å². The summed E-state index contributed by atoms with van der Waals surface area (Å²) in [5, 5.41) is 0.432. The highest BCUT2D eigenvalue weighted by Gasteiger charge is 2.22. The van der Waals surface area contributed by atoms with Crippen molar-refractivity contribution in [1.82, 2.24) is 4.72 Å². The summed E-state index contributed by atoms with van der Waals surface area (Å²) in [5.41, 5.74) is 0. The van der Waals surface area contributed by atoms with Gasteiger partial charge in [0, 0.05) is 16.4 Å². The molecule has 1 fully saturated rings. The molecular formula is C13H17BrClNO2S. The maximum absolute atomic E-state index is 12.1. The van der Waals surface area contributed by atoms with E-state index in [4.69, 9.17) is 11.6 Å². The number of nitrogens with one attached hydrogen (secondary N) is 1. The molecular weight excluding hydrogens is 350 g/mol. The van der Waals surface area contributed by atoms with Crippen LogP contribution in [0.5, 0.6) is 0 Å². The van der Waals surface area contributed by atoms with Crippen LogP contribution in [0.3, 0.4) is 0 Å². The molecule has 0 saturated heterocycles. The van der Waals surface area contributed by atoms with E-state index < -0.39 is 10.0 Å². The summed E-state index contributed by atoms with van der Waals surface area (Å²) < 4.78 is 26.9. The Balaban J connectivity index is 1.98. The molecule has 2 atom stereocenters. The van der Waals surface area contributed by atoms with Crippen LogP contribution in [0.4, 0.5) is 0 Å². The molecule has 1 aromatic carbocycles. The van der Waals surface area contributed by atoms with Crippen molar-refractivity contribution < 1.29 is 8.42 Å². The lowest BCUT2D eigenvalue weighted by Gasteiger charge is -2.25. The Hall–Kier alpha value is -0.100. The molecule has 0 aromatic heterocycles. The normalized spacial score (nSPS) is 24.3. The van der Waals surface area contributed by atoms with Crippen molar-refractivity contribution in [3.05, 3.63) is 29.3 Å². The first kappa shape index (κ1) is 15.3. The molecule has 3 nitrogen and oxygen atoms in total. The Kier molecular flexibility index (Phi) is 5.29. The van der Waals surface area contributed by atoms with Crippen molar-refractivity contribution in [2.75, 3.05) is 6.54 Å². The Bertz CT molecular complexity index is 535. The molecule has 2 rings (SSSR count).